The summed E-state index contributed by atoms with van der Waals surface area (Å²) >= 11 is 0. The van der Waals surface area contributed by atoms with E-state index in [0.29, 0.717) is 37.6 Å². The predicted molar refractivity (Wildman–Crippen MR) is 120 cm³/mol. The molecule has 0 unspecified atom stereocenters. The topological polar surface area (TPSA) is 65.5 Å². The number of rotatable bonds is 4. The van der Waals surface area contributed by atoms with Crippen LogP contribution in [0.3, 0.4) is 0 Å². The van der Waals surface area contributed by atoms with Crippen molar-refractivity contribution >= 4 is 18.0 Å². The van der Waals surface area contributed by atoms with Crippen molar-refractivity contribution in [3.8, 4) is 0 Å². The van der Waals surface area contributed by atoms with E-state index in [1.807, 2.05) is 30.3 Å². The van der Waals surface area contributed by atoms with Gasteiger partial charge < -0.3 is 14.5 Å². The Morgan fingerprint density at radius 3 is 2.61 bits per heavy atom. The summed E-state index contributed by atoms with van der Waals surface area (Å²) < 4.78 is 18.8. The van der Waals surface area contributed by atoms with Crippen molar-refractivity contribution in [2.24, 2.45) is 4.99 Å². The molecule has 3 heterocycles. The number of hydrogen-bond acceptors (Lipinski definition) is 5. The Hall–Kier alpha value is -3.68. The first-order valence-electron chi connectivity index (χ1n) is 11.2. The Balaban J connectivity index is 1.35. The highest BCUT2D eigenvalue weighted by molar-refractivity contribution is 6.09. The van der Waals surface area contributed by atoms with E-state index >= 15 is 0 Å². The quantitative estimate of drug-likeness (QED) is 0.718. The van der Waals surface area contributed by atoms with Gasteiger partial charge in [-0.2, -0.15) is 0 Å². The summed E-state index contributed by atoms with van der Waals surface area (Å²) in [5.41, 5.74) is 3.27. The molecule has 170 valence electrons. The molecule has 0 radical (unpaired) electrons. The molecule has 2 amide bonds. The van der Waals surface area contributed by atoms with Gasteiger partial charge in [-0.1, -0.05) is 42.5 Å². The lowest BCUT2D eigenvalue weighted by atomic mass is 10.00. The maximum atomic E-state index is 13.5. The van der Waals surface area contributed by atoms with Crippen molar-refractivity contribution < 1.29 is 18.7 Å². The molecule has 0 spiro atoms. The number of guanidine groups is 1. The normalized spacial score (nSPS) is 18.0. The monoisotopic (exact) mass is 448 g/mol. The Labute approximate surface area is 191 Å². The molecule has 5 rings (SSSR count). The molecule has 3 aliphatic heterocycles. The first-order chi connectivity index (χ1) is 16.1. The van der Waals surface area contributed by atoms with Gasteiger partial charge in [0.25, 0.3) is 5.91 Å². The molecule has 0 aromatic heterocycles. The van der Waals surface area contributed by atoms with E-state index in [-0.39, 0.29) is 24.9 Å². The molecular weight excluding hydrogens is 423 g/mol. The fraction of sp³-hybridized carbons (Fsp3) is 0.320. The number of aliphatic imine (C=N–C) groups is 1. The Morgan fingerprint density at radius 2 is 1.82 bits per heavy atom. The predicted octanol–water partition coefficient (Wildman–Crippen LogP) is 3.53. The molecule has 0 atom stereocenters. The molecular formula is C25H25FN4O3. The van der Waals surface area contributed by atoms with Crippen LogP contribution >= 0.6 is 0 Å². The zero-order valence-corrected chi connectivity index (χ0v) is 18.2. The van der Waals surface area contributed by atoms with Crippen LogP contribution in [0.5, 0.6) is 0 Å². The second-order valence-electron chi connectivity index (χ2n) is 8.34. The second kappa shape index (κ2) is 9.05. The van der Waals surface area contributed by atoms with Crippen molar-refractivity contribution in [2.75, 3.05) is 26.2 Å². The average molecular weight is 448 g/mol. The largest absolute Gasteiger partial charge is 0.445 e. The number of ether oxygens (including phenoxy) is 1. The summed E-state index contributed by atoms with van der Waals surface area (Å²) in [5.74, 6) is 0.170. The third-order valence-corrected chi connectivity index (χ3v) is 6.14. The Bertz CT molecular complexity index is 1110. The van der Waals surface area contributed by atoms with Crippen LogP contribution in [0.2, 0.25) is 0 Å². The third kappa shape index (κ3) is 4.33. The first kappa shape index (κ1) is 21.2. The fourth-order valence-corrected chi connectivity index (χ4v) is 4.46. The van der Waals surface area contributed by atoms with Crippen molar-refractivity contribution in [3.63, 3.8) is 0 Å². The van der Waals surface area contributed by atoms with Gasteiger partial charge in [-0.05, 0) is 29.7 Å². The second-order valence-corrected chi connectivity index (χ2v) is 8.34. The van der Waals surface area contributed by atoms with Crippen LogP contribution in [0, 0.1) is 5.82 Å². The standard InChI is InChI=1S/C25H25FN4O3/c26-20-9-7-18(8-10-20)15-30-23(31)21-16-28(25(32)33-17-19-5-2-1-3-6-19)14-11-22(21)29-13-4-12-27-24(29)30/h1-3,5-10H,4,11-17H2. The summed E-state index contributed by atoms with van der Waals surface area (Å²) in [6, 6.07) is 15.6. The fourth-order valence-electron chi connectivity index (χ4n) is 4.46. The van der Waals surface area contributed by atoms with E-state index in [1.165, 1.54) is 12.1 Å². The lowest BCUT2D eigenvalue weighted by molar-refractivity contribution is -0.125. The van der Waals surface area contributed by atoms with Gasteiger partial charge in [0.1, 0.15) is 12.4 Å². The van der Waals surface area contributed by atoms with E-state index in [4.69, 9.17) is 4.74 Å². The molecule has 2 aromatic carbocycles. The number of halogens is 1. The van der Waals surface area contributed by atoms with Crippen LogP contribution in [-0.4, -0.2) is 58.8 Å². The van der Waals surface area contributed by atoms with Gasteiger partial charge >= 0.3 is 6.09 Å². The lowest BCUT2D eigenvalue weighted by Crippen LogP contribution is -2.57. The minimum Gasteiger partial charge on any atom is -0.445 e. The molecule has 3 aliphatic rings. The van der Waals surface area contributed by atoms with E-state index in [2.05, 4.69) is 9.89 Å². The Kier molecular flexibility index (Phi) is 5.81. The van der Waals surface area contributed by atoms with Crippen LogP contribution in [-0.2, 0) is 22.7 Å². The van der Waals surface area contributed by atoms with E-state index in [9.17, 15) is 14.0 Å². The van der Waals surface area contributed by atoms with E-state index < -0.39 is 6.09 Å². The minimum absolute atomic E-state index is 0.160. The highest BCUT2D eigenvalue weighted by Crippen LogP contribution is 2.31. The minimum atomic E-state index is -0.429. The lowest BCUT2D eigenvalue weighted by Gasteiger charge is -2.45. The number of benzene rings is 2. The number of hydrogen-bond donors (Lipinski definition) is 0. The first-order valence-corrected chi connectivity index (χ1v) is 11.2. The number of amides is 2. The zero-order chi connectivity index (χ0) is 22.8. The molecule has 0 fully saturated rings. The zero-order valence-electron chi connectivity index (χ0n) is 18.2. The van der Waals surface area contributed by atoms with Gasteiger partial charge in [-0.3, -0.25) is 14.7 Å². The SMILES string of the molecule is O=C(OCc1ccccc1)N1CCC2=C(C1)C(=O)N(Cc1ccc(F)cc1)C1=NCCCN12. The summed E-state index contributed by atoms with van der Waals surface area (Å²) in [5, 5.41) is 0. The van der Waals surface area contributed by atoms with Crippen LogP contribution in [0.25, 0.3) is 0 Å². The van der Waals surface area contributed by atoms with Crippen LogP contribution < -0.4 is 0 Å². The molecule has 0 bridgehead atoms. The van der Waals surface area contributed by atoms with Gasteiger partial charge in [-0.15, -0.1) is 0 Å². The number of fused-ring (bicyclic) bond motifs is 2. The van der Waals surface area contributed by atoms with Crippen molar-refractivity contribution in [3.05, 3.63) is 82.8 Å². The molecule has 33 heavy (non-hydrogen) atoms. The number of nitrogens with zero attached hydrogens (tertiary/aromatic N) is 4. The molecule has 7 nitrogen and oxygen atoms in total. The van der Waals surface area contributed by atoms with Crippen LogP contribution in [0.4, 0.5) is 9.18 Å². The highest BCUT2D eigenvalue weighted by atomic mass is 19.1. The average Bonchev–Trinajstić information content (AvgIpc) is 2.86. The van der Waals surface area contributed by atoms with Crippen LogP contribution in [0.15, 0.2) is 70.9 Å². The Morgan fingerprint density at radius 1 is 1.03 bits per heavy atom. The molecule has 0 N–H and O–H groups in total. The van der Waals surface area contributed by atoms with Gasteiger partial charge in [0.05, 0.1) is 18.7 Å². The van der Waals surface area contributed by atoms with Gasteiger partial charge in [-0.25, -0.2) is 9.18 Å². The highest BCUT2D eigenvalue weighted by Gasteiger charge is 2.41. The van der Waals surface area contributed by atoms with Crippen molar-refractivity contribution in [2.45, 2.75) is 26.0 Å². The summed E-state index contributed by atoms with van der Waals surface area (Å²) in [6.07, 6.45) is 1.05. The molecule has 8 heteroatoms. The van der Waals surface area contributed by atoms with E-state index in [1.54, 1.807) is 21.9 Å². The van der Waals surface area contributed by atoms with Gasteiger partial charge in [0.2, 0.25) is 5.96 Å². The van der Waals surface area contributed by atoms with Gasteiger partial charge in [0.15, 0.2) is 0 Å². The molecule has 0 saturated carbocycles. The number of carbonyl (C=O) groups is 2. The maximum absolute atomic E-state index is 13.5. The smallest absolute Gasteiger partial charge is 0.410 e. The number of carbonyl (C=O) groups excluding carboxylic acids is 2. The maximum Gasteiger partial charge on any atom is 0.410 e. The van der Waals surface area contributed by atoms with Gasteiger partial charge in [0, 0.05) is 31.8 Å². The molecule has 0 saturated heterocycles. The summed E-state index contributed by atoms with van der Waals surface area (Å²) in [4.78, 5) is 36.2. The van der Waals surface area contributed by atoms with Crippen molar-refractivity contribution in [1.82, 2.24) is 14.7 Å². The molecule has 2 aromatic rings. The third-order valence-electron chi connectivity index (χ3n) is 6.14. The van der Waals surface area contributed by atoms with Crippen molar-refractivity contribution in [1.29, 1.82) is 0 Å². The van der Waals surface area contributed by atoms with E-state index in [0.717, 1.165) is 29.8 Å². The summed E-state index contributed by atoms with van der Waals surface area (Å²) in [7, 11) is 0. The summed E-state index contributed by atoms with van der Waals surface area (Å²) in [6.45, 7) is 2.62. The molecule has 0 aliphatic carbocycles. The van der Waals surface area contributed by atoms with Crippen LogP contribution in [0.1, 0.15) is 24.0 Å².